The number of methoxy groups -OCH3 is 1. The van der Waals surface area contributed by atoms with E-state index in [1.54, 1.807) is 0 Å². The molecule has 0 unspecified atom stereocenters. The third-order valence-electron chi connectivity index (χ3n) is 1.97. The zero-order chi connectivity index (χ0) is 15.0. The van der Waals surface area contributed by atoms with E-state index in [4.69, 9.17) is 14.5 Å². The summed E-state index contributed by atoms with van der Waals surface area (Å²) in [5, 5.41) is 8.70. The van der Waals surface area contributed by atoms with Gasteiger partial charge in [-0.2, -0.15) is 16.8 Å². The van der Waals surface area contributed by atoms with Gasteiger partial charge in [0.05, 0.1) is 16.7 Å². The highest BCUT2D eigenvalue weighted by Crippen LogP contribution is 2.40. The van der Waals surface area contributed by atoms with E-state index in [0.29, 0.717) is 6.07 Å². The van der Waals surface area contributed by atoms with E-state index in [2.05, 4.69) is 9.71 Å². The molecular formula is C7H6IN2O7S2+. The second-order valence-electron chi connectivity index (χ2n) is 3.12. The zero-order valence-electron chi connectivity index (χ0n) is 9.10. The highest BCUT2D eigenvalue weighted by molar-refractivity contribution is 14.1. The molecule has 1 rings (SSSR count). The van der Waals surface area contributed by atoms with Crippen molar-refractivity contribution in [2.45, 2.75) is 9.79 Å². The normalized spacial score (nSPS) is 11.9. The SMILES string of the molecule is COc1c(I)c(S(=O)(=O)O)cc([N+]#N)c1S(=O)(=O)O. The van der Waals surface area contributed by atoms with Gasteiger partial charge in [0.25, 0.3) is 10.1 Å². The van der Waals surface area contributed by atoms with Crippen LogP contribution in [0.1, 0.15) is 0 Å². The molecule has 12 heteroatoms. The van der Waals surface area contributed by atoms with E-state index in [-0.39, 0.29) is 3.57 Å². The molecule has 0 bridgehead atoms. The topological polar surface area (TPSA) is 146 Å². The van der Waals surface area contributed by atoms with Gasteiger partial charge in [-0.25, -0.2) is 0 Å². The van der Waals surface area contributed by atoms with Crippen molar-refractivity contribution in [3.63, 3.8) is 0 Å². The van der Waals surface area contributed by atoms with Gasteiger partial charge >= 0.3 is 15.8 Å². The van der Waals surface area contributed by atoms with Crippen LogP contribution in [0.15, 0.2) is 15.9 Å². The first-order chi connectivity index (χ1) is 8.54. The van der Waals surface area contributed by atoms with Gasteiger partial charge in [0, 0.05) is 0 Å². The van der Waals surface area contributed by atoms with E-state index in [0.717, 1.165) is 7.11 Å². The monoisotopic (exact) mass is 421 g/mol. The van der Waals surface area contributed by atoms with Gasteiger partial charge in [-0.15, -0.1) is 0 Å². The Hall–Kier alpha value is -1.01. The number of nitrogens with zero attached hydrogens (tertiary/aromatic N) is 2. The molecule has 0 aliphatic carbocycles. The Morgan fingerprint density at radius 2 is 1.79 bits per heavy atom. The Balaban J connectivity index is 4.02. The second kappa shape index (κ2) is 5.17. The standard InChI is InChI=1S/C7H5IN2O7S2/c1-17-6-5(8)4(18(11,12)13)2-3(10-9)7(6)19(14,15)16/h2H,1H3,(H-,11,12,13,14,15,16)/p+1. The third-order valence-corrected chi connectivity index (χ3v) is 5.20. The maximum absolute atomic E-state index is 11.2. The lowest BCUT2D eigenvalue weighted by molar-refractivity contribution is 0.392. The van der Waals surface area contributed by atoms with E-state index < -0.39 is 41.5 Å². The Morgan fingerprint density at radius 1 is 1.26 bits per heavy atom. The second-order valence-corrected chi connectivity index (χ2v) is 6.95. The van der Waals surface area contributed by atoms with Gasteiger partial charge in [-0.1, -0.05) is 0 Å². The van der Waals surface area contributed by atoms with Crippen molar-refractivity contribution in [2.24, 2.45) is 0 Å². The van der Waals surface area contributed by atoms with Crippen LogP contribution in [0.5, 0.6) is 5.75 Å². The number of hydrogen-bond donors (Lipinski definition) is 2. The molecule has 0 aliphatic heterocycles. The van der Waals surface area contributed by atoms with Gasteiger partial charge in [0.15, 0.2) is 10.7 Å². The Bertz CT molecular complexity index is 779. The van der Waals surface area contributed by atoms with Crippen molar-refractivity contribution < 1.29 is 30.7 Å². The fraction of sp³-hybridized carbons (Fsp3) is 0.143. The quantitative estimate of drug-likeness (QED) is 0.422. The summed E-state index contributed by atoms with van der Waals surface area (Å²) in [4.78, 5) is 0.937. The molecule has 0 aromatic heterocycles. The highest BCUT2D eigenvalue weighted by Gasteiger charge is 2.36. The summed E-state index contributed by atoms with van der Waals surface area (Å²) in [7, 11) is -8.51. The fourth-order valence-corrected chi connectivity index (χ4v) is 4.30. The summed E-state index contributed by atoms with van der Waals surface area (Å²) in [6.07, 6.45) is 0. The van der Waals surface area contributed by atoms with Crippen LogP contribution in [0.3, 0.4) is 0 Å². The van der Waals surface area contributed by atoms with Gasteiger partial charge < -0.3 is 4.74 Å². The number of hydrogen-bond acceptors (Lipinski definition) is 6. The van der Waals surface area contributed by atoms with Gasteiger partial charge in [0.2, 0.25) is 10.3 Å². The van der Waals surface area contributed by atoms with Crippen LogP contribution < -0.4 is 4.74 Å². The van der Waals surface area contributed by atoms with Crippen molar-refractivity contribution in [2.75, 3.05) is 7.11 Å². The number of rotatable bonds is 3. The minimum absolute atomic E-state index is 0.289. The first-order valence-corrected chi connectivity index (χ1v) is 8.20. The largest absolute Gasteiger partial charge is 0.494 e. The number of diazo groups is 1. The molecule has 1 aromatic rings. The highest BCUT2D eigenvalue weighted by atomic mass is 127. The summed E-state index contributed by atoms with van der Waals surface area (Å²) in [6, 6.07) is 0.586. The van der Waals surface area contributed by atoms with Crippen molar-refractivity contribution in [1.82, 2.24) is 0 Å². The summed E-state index contributed by atoms with van der Waals surface area (Å²) in [6.45, 7) is 0. The third kappa shape index (κ3) is 3.12. The van der Waals surface area contributed by atoms with E-state index >= 15 is 0 Å². The first-order valence-electron chi connectivity index (χ1n) is 4.24. The molecule has 0 radical (unpaired) electrons. The lowest BCUT2D eigenvalue weighted by atomic mass is 10.3. The predicted molar refractivity (Wildman–Crippen MR) is 70.1 cm³/mol. The van der Waals surface area contributed by atoms with Crippen LogP contribution in [-0.2, 0) is 20.2 Å². The molecule has 0 saturated heterocycles. The molecular weight excluding hydrogens is 415 g/mol. The molecule has 0 aliphatic rings. The lowest BCUT2D eigenvalue weighted by Gasteiger charge is -2.08. The average molecular weight is 421 g/mol. The van der Waals surface area contributed by atoms with Crippen LogP contribution in [-0.4, -0.2) is 33.1 Å². The average Bonchev–Trinajstić information content (AvgIpc) is 2.25. The van der Waals surface area contributed by atoms with Gasteiger partial charge in [-0.3, -0.25) is 9.11 Å². The fourth-order valence-electron chi connectivity index (χ4n) is 1.27. The van der Waals surface area contributed by atoms with Gasteiger partial charge in [0.1, 0.15) is 4.90 Å². The van der Waals surface area contributed by atoms with Gasteiger partial charge in [-0.05, 0) is 22.6 Å². The molecule has 0 atom stereocenters. The Kier molecular flexibility index (Phi) is 4.37. The molecule has 2 N–H and O–H groups in total. The summed E-state index contributed by atoms with van der Waals surface area (Å²) < 4.78 is 67.0. The van der Waals surface area contributed by atoms with Crippen LogP contribution in [0, 0.1) is 8.96 Å². The molecule has 0 saturated carbocycles. The van der Waals surface area contributed by atoms with Crippen molar-refractivity contribution in [1.29, 1.82) is 5.39 Å². The molecule has 0 heterocycles. The molecule has 0 spiro atoms. The van der Waals surface area contributed by atoms with Crippen molar-refractivity contribution in [3.8, 4) is 5.75 Å². The predicted octanol–water partition coefficient (Wildman–Crippen LogP) is 1.28. The van der Waals surface area contributed by atoms with Crippen LogP contribution >= 0.6 is 22.6 Å². The van der Waals surface area contributed by atoms with E-state index in [1.165, 1.54) is 22.6 Å². The smallest absolute Gasteiger partial charge is 0.411 e. The molecule has 9 nitrogen and oxygen atoms in total. The number of ether oxygens (including phenoxy) is 1. The lowest BCUT2D eigenvalue weighted by Crippen LogP contribution is -2.08. The zero-order valence-corrected chi connectivity index (χ0v) is 12.9. The van der Waals surface area contributed by atoms with E-state index in [1.807, 2.05) is 0 Å². The maximum Gasteiger partial charge on any atom is 0.411 e. The van der Waals surface area contributed by atoms with Crippen molar-refractivity contribution in [3.05, 3.63) is 14.6 Å². The minimum atomic E-state index is -4.83. The number of halogens is 1. The molecule has 104 valence electrons. The molecule has 19 heavy (non-hydrogen) atoms. The Labute approximate surface area is 121 Å². The summed E-state index contributed by atoms with van der Waals surface area (Å²) in [5.41, 5.74) is -0.785. The minimum Gasteiger partial charge on any atom is -0.494 e. The van der Waals surface area contributed by atoms with E-state index in [9.17, 15) is 16.8 Å². The molecule has 0 amide bonds. The molecule has 1 aromatic carbocycles. The van der Waals surface area contributed by atoms with Crippen LogP contribution in [0.25, 0.3) is 4.98 Å². The maximum atomic E-state index is 11.2. The summed E-state index contributed by atoms with van der Waals surface area (Å²) >= 11 is 1.40. The first kappa shape index (κ1) is 16.0. The van der Waals surface area contributed by atoms with Crippen LogP contribution in [0.4, 0.5) is 5.69 Å². The van der Waals surface area contributed by atoms with Crippen LogP contribution in [0.2, 0.25) is 0 Å². The molecule has 0 fully saturated rings. The van der Waals surface area contributed by atoms with Crippen molar-refractivity contribution >= 4 is 48.5 Å². The Morgan fingerprint density at radius 3 is 2.11 bits per heavy atom. The number of benzene rings is 1. The summed E-state index contributed by atoms with van der Waals surface area (Å²) in [5.74, 6) is -0.564.